The number of anilines is 1. The summed E-state index contributed by atoms with van der Waals surface area (Å²) < 4.78 is 0. The SMILES string of the molecule is CN1CCN(c2ccc(C(=O)N3CCC[C@H](C#N)C3)cc2)CC1. The summed E-state index contributed by atoms with van der Waals surface area (Å²) in [7, 11) is 2.15. The van der Waals surface area contributed by atoms with Gasteiger partial charge in [0.25, 0.3) is 5.91 Å². The Morgan fingerprint density at radius 3 is 2.48 bits per heavy atom. The van der Waals surface area contributed by atoms with Gasteiger partial charge in [-0.25, -0.2) is 0 Å². The standard InChI is InChI=1S/C18H24N4O/c1-20-9-11-21(12-10-20)17-6-4-16(5-7-17)18(23)22-8-2-3-15(13-19)14-22/h4-7,15H,2-3,8-12,14H2,1H3/t15-/m1/s1. The summed E-state index contributed by atoms with van der Waals surface area (Å²) in [6.45, 7) is 5.53. The van der Waals surface area contributed by atoms with Crippen LogP contribution in [0.4, 0.5) is 5.69 Å². The van der Waals surface area contributed by atoms with E-state index in [0.717, 1.165) is 51.1 Å². The second-order valence-corrected chi connectivity index (χ2v) is 6.56. The lowest BCUT2D eigenvalue weighted by atomic mass is 9.99. The summed E-state index contributed by atoms with van der Waals surface area (Å²) in [5, 5.41) is 9.06. The molecular weight excluding hydrogens is 288 g/mol. The minimum atomic E-state index is -0.0164. The van der Waals surface area contributed by atoms with Crippen LogP contribution in [0.3, 0.4) is 0 Å². The van der Waals surface area contributed by atoms with Crippen molar-refractivity contribution < 1.29 is 4.79 Å². The Hall–Kier alpha value is -2.06. The van der Waals surface area contributed by atoms with Crippen LogP contribution in [-0.2, 0) is 0 Å². The van der Waals surface area contributed by atoms with Gasteiger partial charge in [-0.15, -0.1) is 0 Å². The molecular formula is C18H24N4O. The van der Waals surface area contributed by atoms with Gasteiger partial charge in [-0.1, -0.05) is 0 Å². The van der Waals surface area contributed by atoms with E-state index in [1.807, 2.05) is 29.2 Å². The van der Waals surface area contributed by atoms with Gasteiger partial charge in [-0.3, -0.25) is 4.79 Å². The van der Waals surface area contributed by atoms with E-state index in [1.54, 1.807) is 0 Å². The van der Waals surface area contributed by atoms with Gasteiger partial charge in [0, 0.05) is 50.5 Å². The van der Waals surface area contributed by atoms with Crippen LogP contribution in [0.5, 0.6) is 0 Å². The lowest BCUT2D eigenvalue weighted by Gasteiger charge is -2.34. The van der Waals surface area contributed by atoms with Crippen molar-refractivity contribution in [3.8, 4) is 6.07 Å². The number of hydrogen-bond acceptors (Lipinski definition) is 4. The van der Waals surface area contributed by atoms with Crippen LogP contribution >= 0.6 is 0 Å². The lowest BCUT2D eigenvalue weighted by molar-refractivity contribution is 0.0699. The minimum absolute atomic E-state index is 0.0164. The zero-order valence-electron chi connectivity index (χ0n) is 13.7. The highest BCUT2D eigenvalue weighted by atomic mass is 16.2. The summed E-state index contributed by atoms with van der Waals surface area (Å²) in [6.07, 6.45) is 1.83. The van der Waals surface area contributed by atoms with Gasteiger partial charge in [0.1, 0.15) is 0 Å². The third-order valence-corrected chi connectivity index (χ3v) is 4.87. The number of piperidine rings is 1. The van der Waals surface area contributed by atoms with E-state index in [9.17, 15) is 4.79 Å². The summed E-state index contributed by atoms with van der Waals surface area (Å²) in [4.78, 5) is 19.1. The van der Waals surface area contributed by atoms with E-state index < -0.39 is 0 Å². The molecule has 0 saturated carbocycles. The number of likely N-dealkylation sites (tertiary alicyclic amines) is 1. The van der Waals surface area contributed by atoms with E-state index in [-0.39, 0.29) is 11.8 Å². The third-order valence-electron chi connectivity index (χ3n) is 4.87. The molecule has 5 heteroatoms. The number of rotatable bonds is 2. The van der Waals surface area contributed by atoms with Crippen molar-refractivity contribution in [3.05, 3.63) is 29.8 Å². The molecule has 3 rings (SSSR count). The van der Waals surface area contributed by atoms with Gasteiger partial charge < -0.3 is 14.7 Å². The van der Waals surface area contributed by atoms with Gasteiger partial charge in [-0.2, -0.15) is 5.26 Å². The van der Waals surface area contributed by atoms with E-state index in [1.165, 1.54) is 5.69 Å². The highest BCUT2D eigenvalue weighted by Crippen LogP contribution is 2.21. The van der Waals surface area contributed by atoms with Gasteiger partial charge in [0.2, 0.25) is 0 Å². The highest BCUT2D eigenvalue weighted by Gasteiger charge is 2.24. The maximum Gasteiger partial charge on any atom is 0.253 e. The molecule has 2 aliphatic rings. The summed E-state index contributed by atoms with van der Waals surface area (Å²) in [5.74, 6) is 0.0344. The minimum Gasteiger partial charge on any atom is -0.369 e. The fourth-order valence-electron chi connectivity index (χ4n) is 3.33. The number of piperazine rings is 1. The lowest BCUT2D eigenvalue weighted by Crippen LogP contribution is -2.44. The normalized spacial score (nSPS) is 22.7. The van der Waals surface area contributed by atoms with Crippen molar-refractivity contribution >= 4 is 11.6 Å². The van der Waals surface area contributed by atoms with Crippen LogP contribution in [0.25, 0.3) is 0 Å². The Balaban J connectivity index is 1.65. The Morgan fingerprint density at radius 1 is 1.13 bits per heavy atom. The predicted octanol–water partition coefficient (Wildman–Crippen LogP) is 1.81. The molecule has 0 N–H and O–H groups in total. The molecule has 1 atom stereocenters. The van der Waals surface area contributed by atoms with Crippen LogP contribution in [0, 0.1) is 17.2 Å². The third kappa shape index (κ3) is 3.65. The first-order chi connectivity index (χ1) is 11.2. The first-order valence-electron chi connectivity index (χ1n) is 8.40. The number of carbonyl (C=O) groups is 1. The molecule has 23 heavy (non-hydrogen) atoms. The van der Waals surface area contributed by atoms with Gasteiger partial charge in [0.05, 0.1) is 12.0 Å². The van der Waals surface area contributed by atoms with Crippen LogP contribution < -0.4 is 4.90 Å². The van der Waals surface area contributed by atoms with Gasteiger partial charge in [-0.05, 0) is 44.2 Å². The molecule has 0 aliphatic carbocycles. The fraction of sp³-hybridized carbons (Fsp3) is 0.556. The van der Waals surface area contributed by atoms with E-state index in [2.05, 4.69) is 22.9 Å². The maximum absolute atomic E-state index is 12.6. The fourth-order valence-corrected chi connectivity index (χ4v) is 3.33. The molecule has 1 aromatic carbocycles. The zero-order valence-corrected chi connectivity index (χ0v) is 13.7. The summed E-state index contributed by atoms with van der Waals surface area (Å²) >= 11 is 0. The van der Waals surface area contributed by atoms with E-state index in [0.29, 0.717) is 6.54 Å². The van der Waals surface area contributed by atoms with Crippen LogP contribution in [-0.4, -0.2) is 62.0 Å². The summed E-state index contributed by atoms with van der Waals surface area (Å²) in [6, 6.07) is 10.2. The molecule has 5 nitrogen and oxygen atoms in total. The van der Waals surface area contributed by atoms with Crippen molar-refractivity contribution in [2.75, 3.05) is 51.2 Å². The van der Waals surface area contributed by atoms with E-state index >= 15 is 0 Å². The second kappa shape index (κ2) is 7.01. The smallest absolute Gasteiger partial charge is 0.253 e. The average molecular weight is 312 g/mol. The molecule has 1 aromatic rings. The second-order valence-electron chi connectivity index (χ2n) is 6.56. The number of nitriles is 1. The topological polar surface area (TPSA) is 50.6 Å². The molecule has 0 aromatic heterocycles. The first-order valence-corrected chi connectivity index (χ1v) is 8.40. The van der Waals surface area contributed by atoms with Crippen molar-refractivity contribution in [3.63, 3.8) is 0 Å². The largest absolute Gasteiger partial charge is 0.369 e. The molecule has 2 aliphatic heterocycles. The van der Waals surface area contributed by atoms with Gasteiger partial charge in [0.15, 0.2) is 0 Å². The summed E-state index contributed by atoms with van der Waals surface area (Å²) in [5.41, 5.74) is 1.91. The van der Waals surface area contributed by atoms with Crippen molar-refractivity contribution in [1.29, 1.82) is 5.26 Å². The Morgan fingerprint density at radius 2 is 1.83 bits per heavy atom. The number of carbonyl (C=O) groups excluding carboxylic acids is 1. The van der Waals surface area contributed by atoms with Crippen molar-refractivity contribution in [2.24, 2.45) is 5.92 Å². The zero-order chi connectivity index (χ0) is 16.2. The Labute approximate surface area is 138 Å². The molecule has 2 fully saturated rings. The quantitative estimate of drug-likeness (QED) is 0.836. The molecule has 2 saturated heterocycles. The molecule has 122 valence electrons. The number of nitrogens with zero attached hydrogens (tertiary/aromatic N) is 4. The Kier molecular flexibility index (Phi) is 4.82. The van der Waals surface area contributed by atoms with Gasteiger partial charge >= 0.3 is 0 Å². The first kappa shape index (κ1) is 15.8. The predicted molar refractivity (Wildman–Crippen MR) is 90.4 cm³/mol. The number of likely N-dealkylation sites (N-methyl/N-ethyl adjacent to an activating group) is 1. The van der Waals surface area contributed by atoms with Crippen LogP contribution in [0.2, 0.25) is 0 Å². The average Bonchev–Trinajstić information content (AvgIpc) is 2.62. The van der Waals surface area contributed by atoms with E-state index in [4.69, 9.17) is 5.26 Å². The molecule has 0 unspecified atom stereocenters. The highest BCUT2D eigenvalue weighted by molar-refractivity contribution is 5.94. The molecule has 0 spiro atoms. The van der Waals surface area contributed by atoms with Crippen LogP contribution in [0.15, 0.2) is 24.3 Å². The van der Waals surface area contributed by atoms with Crippen molar-refractivity contribution in [1.82, 2.24) is 9.80 Å². The molecule has 0 bridgehead atoms. The Bertz CT molecular complexity index is 584. The number of benzene rings is 1. The molecule has 1 amide bonds. The van der Waals surface area contributed by atoms with Crippen LogP contribution in [0.1, 0.15) is 23.2 Å². The monoisotopic (exact) mass is 312 g/mol. The number of amides is 1. The molecule has 2 heterocycles. The number of hydrogen-bond donors (Lipinski definition) is 0. The maximum atomic E-state index is 12.6. The van der Waals surface area contributed by atoms with Crippen molar-refractivity contribution in [2.45, 2.75) is 12.8 Å². The molecule has 0 radical (unpaired) electrons.